The quantitative estimate of drug-likeness (QED) is 0.640. The van der Waals surface area contributed by atoms with Gasteiger partial charge in [0.15, 0.2) is 11.3 Å². The molecule has 0 aromatic carbocycles. The van der Waals surface area contributed by atoms with Gasteiger partial charge in [-0.3, -0.25) is 4.68 Å². The highest BCUT2D eigenvalue weighted by Crippen LogP contribution is 2.21. The predicted octanol–water partition coefficient (Wildman–Crippen LogP) is 2.07. The zero-order valence-corrected chi connectivity index (χ0v) is 13.9. The van der Waals surface area contributed by atoms with Crippen LogP contribution in [0.2, 0.25) is 0 Å². The number of nitrogen functional groups attached to an aromatic ring is 1. The van der Waals surface area contributed by atoms with Crippen molar-refractivity contribution in [3.63, 3.8) is 0 Å². The van der Waals surface area contributed by atoms with Crippen LogP contribution in [0.1, 0.15) is 25.3 Å². The van der Waals surface area contributed by atoms with E-state index in [-0.39, 0.29) is 5.95 Å². The number of fused-ring (bicyclic) bond motifs is 1. The van der Waals surface area contributed by atoms with E-state index in [4.69, 9.17) is 10.5 Å². The van der Waals surface area contributed by atoms with Crippen molar-refractivity contribution >= 4 is 22.8 Å². The molecule has 0 radical (unpaired) electrons. The summed E-state index contributed by atoms with van der Waals surface area (Å²) >= 11 is 0. The molecule has 0 aliphatic heterocycles. The summed E-state index contributed by atoms with van der Waals surface area (Å²) in [7, 11) is 1.60. The molecule has 0 saturated carbocycles. The lowest BCUT2D eigenvalue weighted by molar-refractivity contribution is 0.390. The van der Waals surface area contributed by atoms with Gasteiger partial charge in [-0.15, -0.1) is 0 Å². The first kappa shape index (κ1) is 16.0. The van der Waals surface area contributed by atoms with Crippen molar-refractivity contribution in [3.05, 3.63) is 30.1 Å². The molecule has 0 saturated heterocycles. The molecule has 8 heteroatoms. The smallest absolute Gasteiger partial charge is 0.222 e. The fourth-order valence-electron chi connectivity index (χ4n) is 2.47. The summed E-state index contributed by atoms with van der Waals surface area (Å²) in [6.07, 6.45) is 5.71. The lowest BCUT2D eigenvalue weighted by Crippen LogP contribution is -2.07. The number of nitrogens with one attached hydrogen (secondary N) is 1. The average Bonchev–Trinajstić information content (AvgIpc) is 2.98. The van der Waals surface area contributed by atoms with Gasteiger partial charge in [0.05, 0.1) is 19.9 Å². The number of pyridine rings is 1. The number of anilines is 2. The first-order chi connectivity index (χ1) is 11.7. The van der Waals surface area contributed by atoms with Gasteiger partial charge in [-0.1, -0.05) is 19.4 Å². The summed E-state index contributed by atoms with van der Waals surface area (Å²) < 4.78 is 7.08. The second-order valence-corrected chi connectivity index (χ2v) is 5.44. The lowest BCUT2D eigenvalue weighted by Gasteiger charge is -2.06. The normalized spacial score (nSPS) is 10.9. The van der Waals surface area contributed by atoms with Gasteiger partial charge >= 0.3 is 0 Å². The molecular weight excluding hydrogens is 306 g/mol. The Labute approximate surface area is 140 Å². The Morgan fingerprint density at radius 2 is 2.21 bits per heavy atom. The van der Waals surface area contributed by atoms with Crippen LogP contribution >= 0.6 is 0 Å². The topological polar surface area (TPSA) is 104 Å². The van der Waals surface area contributed by atoms with Gasteiger partial charge < -0.3 is 15.8 Å². The molecular formula is C16H21N7O. The molecule has 24 heavy (non-hydrogen) atoms. The largest absolute Gasteiger partial charge is 0.481 e. The van der Waals surface area contributed by atoms with Gasteiger partial charge in [0.2, 0.25) is 11.8 Å². The molecule has 0 atom stereocenters. The van der Waals surface area contributed by atoms with Crippen molar-refractivity contribution in [1.29, 1.82) is 0 Å². The molecule has 0 spiro atoms. The molecule has 3 N–H and O–H groups in total. The first-order valence-electron chi connectivity index (χ1n) is 7.93. The van der Waals surface area contributed by atoms with Crippen LogP contribution < -0.4 is 15.8 Å². The Bertz CT molecular complexity index is 830. The molecule has 3 heterocycles. The monoisotopic (exact) mass is 327 g/mol. The van der Waals surface area contributed by atoms with Crippen molar-refractivity contribution in [1.82, 2.24) is 24.7 Å². The summed E-state index contributed by atoms with van der Waals surface area (Å²) in [6, 6.07) is 3.83. The Morgan fingerprint density at radius 3 is 3.00 bits per heavy atom. The molecule has 126 valence electrons. The summed E-state index contributed by atoms with van der Waals surface area (Å²) in [6.45, 7) is 3.49. The van der Waals surface area contributed by atoms with Crippen molar-refractivity contribution in [2.24, 2.45) is 0 Å². The summed E-state index contributed by atoms with van der Waals surface area (Å²) in [5, 5.41) is 7.88. The SMILES string of the molecule is CCCCNc1nc(N)nc2cn(Cc3cccnc3OC)nc12. The van der Waals surface area contributed by atoms with Crippen molar-refractivity contribution in [3.8, 4) is 5.88 Å². The number of rotatable bonds is 7. The van der Waals surface area contributed by atoms with Crippen LogP contribution in [0.3, 0.4) is 0 Å². The predicted molar refractivity (Wildman–Crippen MR) is 93.0 cm³/mol. The van der Waals surface area contributed by atoms with Crippen LogP contribution in [0.4, 0.5) is 11.8 Å². The highest BCUT2D eigenvalue weighted by molar-refractivity contribution is 5.85. The Hall–Kier alpha value is -2.90. The molecule has 8 nitrogen and oxygen atoms in total. The van der Waals surface area contributed by atoms with Crippen LogP contribution in [0.25, 0.3) is 11.0 Å². The molecule has 3 aromatic rings. The number of hydrogen-bond acceptors (Lipinski definition) is 7. The van der Waals surface area contributed by atoms with E-state index in [0.29, 0.717) is 29.3 Å². The molecule has 3 aromatic heterocycles. The second kappa shape index (κ2) is 7.12. The molecule has 0 bridgehead atoms. The van der Waals surface area contributed by atoms with Crippen LogP contribution in [-0.4, -0.2) is 38.4 Å². The number of hydrogen-bond donors (Lipinski definition) is 2. The van der Waals surface area contributed by atoms with Gasteiger partial charge in [-0.05, 0) is 12.5 Å². The highest BCUT2D eigenvalue weighted by atomic mass is 16.5. The summed E-state index contributed by atoms with van der Waals surface area (Å²) in [4.78, 5) is 12.7. The van der Waals surface area contributed by atoms with Crippen LogP contribution in [-0.2, 0) is 6.54 Å². The molecule has 3 rings (SSSR count). The number of unbranched alkanes of at least 4 members (excludes halogenated alkanes) is 1. The Morgan fingerprint density at radius 1 is 1.33 bits per heavy atom. The minimum absolute atomic E-state index is 0.236. The molecule has 0 unspecified atom stereocenters. The summed E-state index contributed by atoms with van der Waals surface area (Å²) in [5.41, 5.74) is 8.17. The second-order valence-electron chi connectivity index (χ2n) is 5.44. The van der Waals surface area contributed by atoms with E-state index >= 15 is 0 Å². The minimum Gasteiger partial charge on any atom is -0.481 e. The Kier molecular flexibility index (Phi) is 4.74. The number of nitrogens with zero attached hydrogens (tertiary/aromatic N) is 5. The number of methoxy groups -OCH3 is 1. The third kappa shape index (κ3) is 3.37. The standard InChI is InChI=1S/C16H21N7O/c1-3-4-7-18-14-13-12(20-16(17)21-14)10-23(22-13)9-11-6-5-8-19-15(11)24-2/h5-6,8,10H,3-4,7,9H2,1-2H3,(H3,17,18,20,21). The zero-order valence-electron chi connectivity index (χ0n) is 13.9. The fraction of sp³-hybridized carbons (Fsp3) is 0.375. The molecule has 0 fully saturated rings. The average molecular weight is 327 g/mol. The zero-order chi connectivity index (χ0) is 16.9. The maximum Gasteiger partial charge on any atom is 0.222 e. The Balaban J connectivity index is 1.91. The van der Waals surface area contributed by atoms with Gasteiger partial charge in [0.1, 0.15) is 5.52 Å². The number of nitrogens with two attached hydrogens (primary N) is 1. The molecule has 0 aliphatic rings. The van der Waals surface area contributed by atoms with E-state index in [9.17, 15) is 0 Å². The van der Waals surface area contributed by atoms with Gasteiger partial charge in [0, 0.05) is 18.3 Å². The van der Waals surface area contributed by atoms with Crippen LogP contribution in [0, 0.1) is 0 Å². The highest BCUT2D eigenvalue weighted by Gasteiger charge is 2.12. The van der Waals surface area contributed by atoms with Gasteiger partial charge in [-0.25, -0.2) is 9.97 Å². The molecule has 0 amide bonds. The maximum atomic E-state index is 5.81. The number of ether oxygens (including phenoxy) is 1. The van der Waals surface area contributed by atoms with Crippen molar-refractivity contribution in [2.45, 2.75) is 26.3 Å². The third-order valence-corrected chi connectivity index (χ3v) is 3.63. The third-order valence-electron chi connectivity index (χ3n) is 3.63. The molecule has 0 aliphatic carbocycles. The van der Waals surface area contributed by atoms with Gasteiger partial charge in [0.25, 0.3) is 0 Å². The fourth-order valence-corrected chi connectivity index (χ4v) is 2.47. The van der Waals surface area contributed by atoms with E-state index in [1.54, 1.807) is 18.0 Å². The lowest BCUT2D eigenvalue weighted by atomic mass is 10.3. The number of aromatic nitrogens is 5. The van der Waals surface area contributed by atoms with Crippen molar-refractivity contribution < 1.29 is 4.74 Å². The van der Waals surface area contributed by atoms with Crippen LogP contribution in [0.15, 0.2) is 24.5 Å². The maximum absolute atomic E-state index is 5.81. The first-order valence-corrected chi connectivity index (χ1v) is 7.93. The van der Waals surface area contributed by atoms with E-state index < -0.39 is 0 Å². The minimum atomic E-state index is 0.236. The van der Waals surface area contributed by atoms with Gasteiger partial charge in [-0.2, -0.15) is 10.1 Å². The van der Waals surface area contributed by atoms with E-state index in [2.05, 4.69) is 32.3 Å². The van der Waals surface area contributed by atoms with E-state index in [1.165, 1.54) is 0 Å². The van der Waals surface area contributed by atoms with E-state index in [0.717, 1.165) is 24.9 Å². The van der Waals surface area contributed by atoms with Crippen LogP contribution in [0.5, 0.6) is 5.88 Å². The van der Waals surface area contributed by atoms with Crippen molar-refractivity contribution in [2.75, 3.05) is 24.7 Å². The van der Waals surface area contributed by atoms with E-state index in [1.807, 2.05) is 18.3 Å². The summed E-state index contributed by atoms with van der Waals surface area (Å²) in [5.74, 6) is 1.49.